The molecular weight excluding hydrogens is 222 g/mol. The largest absolute Gasteiger partial charge is 0.480 e. The van der Waals surface area contributed by atoms with Crippen LogP contribution in [-0.4, -0.2) is 27.3 Å². The lowest BCUT2D eigenvalue weighted by atomic mass is 10.0. The van der Waals surface area contributed by atoms with Gasteiger partial charge in [0.25, 0.3) is 0 Å². The zero-order chi connectivity index (χ0) is 12.8. The number of nitrogens with one attached hydrogen (secondary N) is 1. The summed E-state index contributed by atoms with van der Waals surface area (Å²) in [6.07, 6.45) is 1.26. The van der Waals surface area contributed by atoms with Crippen LogP contribution in [0.5, 0.6) is 0 Å². The molecule has 0 saturated heterocycles. The summed E-state index contributed by atoms with van der Waals surface area (Å²) in [5, 5.41) is 19.6. The van der Waals surface area contributed by atoms with Crippen molar-refractivity contribution in [2.45, 2.75) is 46.2 Å². The van der Waals surface area contributed by atoms with Gasteiger partial charge in [0, 0.05) is 6.42 Å². The lowest BCUT2D eigenvalue weighted by Gasteiger charge is -2.14. The molecule has 1 rings (SSSR count). The Hall–Kier alpha value is -1.43. The fourth-order valence-corrected chi connectivity index (χ4v) is 1.46. The number of carboxylic acids is 1. The Morgan fingerprint density at radius 3 is 2.53 bits per heavy atom. The SMILES string of the molecule is CCc1nnc(CNC(CC(C)C)C(=O)O)o1. The summed E-state index contributed by atoms with van der Waals surface area (Å²) in [4.78, 5) is 11.0. The van der Waals surface area contributed by atoms with E-state index in [2.05, 4.69) is 15.5 Å². The van der Waals surface area contributed by atoms with Crippen molar-refractivity contribution < 1.29 is 14.3 Å². The minimum atomic E-state index is -0.853. The molecule has 0 radical (unpaired) electrons. The first-order valence-corrected chi connectivity index (χ1v) is 5.80. The Kier molecular flexibility index (Phi) is 5.09. The van der Waals surface area contributed by atoms with Crippen molar-refractivity contribution >= 4 is 5.97 Å². The molecule has 0 aliphatic carbocycles. The Morgan fingerprint density at radius 1 is 1.41 bits per heavy atom. The number of aryl methyl sites for hydroxylation is 1. The summed E-state index contributed by atoms with van der Waals surface area (Å²) in [5.74, 6) is 0.459. The lowest BCUT2D eigenvalue weighted by molar-refractivity contribution is -0.140. The van der Waals surface area contributed by atoms with Crippen molar-refractivity contribution in [1.82, 2.24) is 15.5 Å². The van der Waals surface area contributed by atoms with Crippen LogP contribution in [0.1, 0.15) is 39.0 Å². The molecule has 6 heteroatoms. The van der Waals surface area contributed by atoms with Crippen molar-refractivity contribution in [2.75, 3.05) is 0 Å². The quantitative estimate of drug-likeness (QED) is 0.746. The monoisotopic (exact) mass is 241 g/mol. The molecule has 1 aromatic heterocycles. The van der Waals surface area contributed by atoms with Crippen LogP contribution < -0.4 is 5.32 Å². The fourth-order valence-electron chi connectivity index (χ4n) is 1.46. The Bertz CT molecular complexity index is 363. The van der Waals surface area contributed by atoms with Crippen LogP contribution in [-0.2, 0) is 17.8 Å². The van der Waals surface area contributed by atoms with Gasteiger partial charge in [-0.15, -0.1) is 10.2 Å². The maximum absolute atomic E-state index is 11.0. The first kappa shape index (κ1) is 13.6. The average Bonchev–Trinajstić information content (AvgIpc) is 2.71. The number of carbonyl (C=O) groups is 1. The number of aliphatic carboxylic acids is 1. The minimum absolute atomic E-state index is 0.288. The molecule has 1 aromatic rings. The van der Waals surface area contributed by atoms with Gasteiger partial charge in [0.15, 0.2) is 0 Å². The molecule has 0 aliphatic rings. The van der Waals surface area contributed by atoms with Crippen LogP contribution in [0.3, 0.4) is 0 Å². The molecule has 0 fully saturated rings. The Morgan fingerprint density at radius 2 is 2.06 bits per heavy atom. The molecule has 96 valence electrons. The van der Waals surface area contributed by atoms with Crippen molar-refractivity contribution in [1.29, 1.82) is 0 Å². The molecule has 0 saturated carbocycles. The van der Waals surface area contributed by atoms with E-state index in [1.807, 2.05) is 20.8 Å². The highest BCUT2D eigenvalue weighted by molar-refractivity contribution is 5.73. The summed E-state index contributed by atoms with van der Waals surface area (Å²) in [6, 6.07) is -0.577. The fraction of sp³-hybridized carbons (Fsp3) is 0.727. The molecule has 0 aliphatic heterocycles. The summed E-state index contributed by atoms with van der Waals surface area (Å²) in [5.41, 5.74) is 0. The van der Waals surface area contributed by atoms with E-state index in [1.165, 1.54) is 0 Å². The summed E-state index contributed by atoms with van der Waals surface area (Å²) < 4.78 is 5.29. The molecule has 17 heavy (non-hydrogen) atoms. The topological polar surface area (TPSA) is 88.2 Å². The highest BCUT2D eigenvalue weighted by Gasteiger charge is 2.19. The number of rotatable bonds is 7. The first-order valence-electron chi connectivity index (χ1n) is 5.80. The van der Waals surface area contributed by atoms with Gasteiger partial charge in [-0.1, -0.05) is 20.8 Å². The summed E-state index contributed by atoms with van der Waals surface area (Å²) in [6.45, 7) is 6.18. The predicted molar refractivity (Wildman–Crippen MR) is 61.4 cm³/mol. The Labute approximate surface area is 100 Å². The van der Waals surface area contributed by atoms with E-state index in [0.29, 0.717) is 30.5 Å². The van der Waals surface area contributed by atoms with Gasteiger partial charge in [-0.3, -0.25) is 10.1 Å². The molecule has 0 bridgehead atoms. The van der Waals surface area contributed by atoms with Gasteiger partial charge in [-0.25, -0.2) is 0 Å². The number of hydrogen-bond acceptors (Lipinski definition) is 5. The van der Waals surface area contributed by atoms with Gasteiger partial charge in [0.1, 0.15) is 6.04 Å². The maximum atomic E-state index is 11.0. The molecule has 2 N–H and O–H groups in total. The molecule has 1 heterocycles. The summed E-state index contributed by atoms with van der Waals surface area (Å²) >= 11 is 0. The third kappa shape index (κ3) is 4.52. The van der Waals surface area contributed by atoms with Crippen molar-refractivity contribution in [3.8, 4) is 0 Å². The second-order valence-corrected chi connectivity index (χ2v) is 4.34. The van der Waals surface area contributed by atoms with E-state index in [-0.39, 0.29) is 6.54 Å². The first-order chi connectivity index (χ1) is 8.02. The van der Waals surface area contributed by atoms with Gasteiger partial charge >= 0.3 is 5.97 Å². The van der Waals surface area contributed by atoms with Crippen LogP contribution in [0.2, 0.25) is 0 Å². The second kappa shape index (κ2) is 6.34. The van der Waals surface area contributed by atoms with Gasteiger partial charge in [-0.2, -0.15) is 0 Å². The van der Waals surface area contributed by atoms with Gasteiger partial charge in [0.05, 0.1) is 6.54 Å². The van der Waals surface area contributed by atoms with Gasteiger partial charge < -0.3 is 9.52 Å². The third-order valence-electron chi connectivity index (χ3n) is 2.32. The highest BCUT2D eigenvalue weighted by atomic mass is 16.4. The normalized spacial score (nSPS) is 12.9. The van der Waals surface area contributed by atoms with E-state index < -0.39 is 12.0 Å². The highest BCUT2D eigenvalue weighted by Crippen LogP contribution is 2.06. The molecule has 6 nitrogen and oxygen atoms in total. The smallest absolute Gasteiger partial charge is 0.320 e. The van der Waals surface area contributed by atoms with E-state index in [0.717, 1.165) is 0 Å². The average molecular weight is 241 g/mol. The van der Waals surface area contributed by atoms with E-state index >= 15 is 0 Å². The van der Waals surface area contributed by atoms with Crippen molar-refractivity contribution in [2.24, 2.45) is 5.92 Å². The van der Waals surface area contributed by atoms with E-state index in [9.17, 15) is 4.79 Å². The van der Waals surface area contributed by atoms with Crippen LogP contribution in [0.15, 0.2) is 4.42 Å². The van der Waals surface area contributed by atoms with Crippen molar-refractivity contribution in [3.63, 3.8) is 0 Å². The van der Waals surface area contributed by atoms with E-state index in [4.69, 9.17) is 9.52 Å². The molecule has 0 spiro atoms. The van der Waals surface area contributed by atoms with Crippen LogP contribution in [0, 0.1) is 5.92 Å². The predicted octanol–water partition coefficient (Wildman–Crippen LogP) is 1.22. The molecule has 0 aromatic carbocycles. The molecule has 1 atom stereocenters. The molecule has 1 unspecified atom stereocenters. The molecular formula is C11H19N3O3. The van der Waals surface area contributed by atoms with E-state index in [1.54, 1.807) is 0 Å². The number of nitrogens with zero attached hydrogens (tertiary/aromatic N) is 2. The maximum Gasteiger partial charge on any atom is 0.320 e. The number of carboxylic acid groups (broad SMARTS) is 1. The number of aromatic nitrogens is 2. The zero-order valence-corrected chi connectivity index (χ0v) is 10.4. The number of hydrogen-bond donors (Lipinski definition) is 2. The Balaban J connectivity index is 2.48. The van der Waals surface area contributed by atoms with Gasteiger partial charge in [0.2, 0.25) is 11.8 Å². The standard InChI is InChI=1S/C11H19N3O3/c1-4-9-13-14-10(17-9)6-12-8(11(15)16)5-7(2)3/h7-8,12H,4-6H2,1-3H3,(H,15,16). The zero-order valence-electron chi connectivity index (χ0n) is 10.4. The van der Waals surface area contributed by atoms with Crippen LogP contribution in [0.4, 0.5) is 0 Å². The van der Waals surface area contributed by atoms with Crippen molar-refractivity contribution in [3.05, 3.63) is 11.8 Å². The second-order valence-electron chi connectivity index (χ2n) is 4.34. The molecule has 0 amide bonds. The minimum Gasteiger partial charge on any atom is -0.480 e. The lowest BCUT2D eigenvalue weighted by Crippen LogP contribution is -2.37. The van der Waals surface area contributed by atoms with Gasteiger partial charge in [-0.05, 0) is 12.3 Å². The summed E-state index contributed by atoms with van der Waals surface area (Å²) in [7, 11) is 0. The third-order valence-corrected chi connectivity index (χ3v) is 2.32. The van der Waals surface area contributed by atoms with Crippen LogP contribution >= 0.6 is 0 Å². The van der Waals surface area contributed by atoms with Crippen LogP contribution in [0.25, 0.3) is 0 Å².